The lowest BCUT2D eigenvalue weighted by atomic mass is 9.83. The molecule has 4 nitrogen and oxygen atoms in total. The van der Waals surface area contributed by atoms with Gasteiger partial charge < -0.3 is 0 Å². The Kier molecular flexibility index (Phi) is 2.62. The Balaban J connectivity index is 1.99. The van der Waals surface area contributed by atoms with Crippen LogP contribution in [0.5, 0.6) is 0 Å². The van der Waals surface area contributed by atoms with Gasteiger partial charge in [-0.15, -0.1) is 0 Å². The Labute approximate surface area is 153 Å². The molecule has 5 heteroatoms. The second-order valence-electron chi connectivity index (χ2n) is 7.35. The highest BCUT2D eigenvalue weighted by atomic mass is 35.5. The van der Waals surface area contributed by atoms with Crippen LogP contribution in [-0.4, -0.2) is 20.2 Å². The molecular weight excluding hydrogens is 346 g/mol. The number of fused-ring (bicyclic) bond motifs is 5. The monoisotopic (exact) mass is 359 g/mol. The first-order valence-corrected chi connectivity index (χ1v) is 9.16. The highest BCUT2D eigenvalue weighted by Gasteiger charge is 2.29. The average Bonchev–Trinajstić information content (AvgIpc) is 3.04. The van der Waals surface area contributed by atoms with Crippen molar-refractivity contribution in [1.82, 2.24) is 14.4 Å². The van der Waals surface area contributed by atoms with Crippen molar-refractivity contribution in [3.05, 3.63) is 52.9 Å². The molecule has 0 N–H and O–H groups in total. The number of Topliss-reactive ketones (excluding diaryl/α,β-unsaturated/α-hetero) is 1. The number of nitrogens with zero attached hydrogens (tertiary/aromatic N) is 3. The van der Waals surface area contributed by atoms with Gasteiger partial charge in [-0.05, 0) is 36.6 Å². The molecule has 0 saturated carbocycles. The SMILES string of the molecule is CC1CC(=O)c2c(nc3ccc4ncn5c6cc(Cl)ccc6c2c3c45)C1. The number of hydrogen-bond acceptors (Lipinski definition) is 3. The van der Waals surface area contributed by atoms with Gasteiger partial charge in [-0.25, -0.2) is 4.98 Å². The van der Waals surface area contributed by atoms with E-state index in [9.17, 15) is 4.79 Å². The number of carbonyl (C=O) groups is 1. The van der Waals surface area contributed by atoms with Crippen molar-refractivity contribution in [2.75, 3.05) is 0 Å². The molecule has 2 aromatic carbocycles. The van der Waals surface area contributed by atoms with E-state index in [0.717, 1.165) is 55.9 Å². The number of carbonyl (C=O) groups excluding carboxylic acids is 1. The quantitative estimate of drug-likeness (QED) is 0.287. The summed E-state index contributed by atoms with van der Waals surface area (Å²) in [5.74, 6) is 0.517. The summed E-state index contributed by atoms with van der Waals surface area (Å²) in [6.07, 6.45) is 3.24. The van der Waals surface area contributed by atoms with E-state index in [4.69, 9.17) is 16.6 Å². The molecule has 0 spiro atoms. The zero-order chi connectivity index (χ0) is 17.6. The van der Waals surface area contributed by atoms with Gasteiger partial charge in [-0.2, -0.15) is 0 Å². The van der Waals surface area contributed by atoms with Crippen LogP contribution in [0.3, 0.4) is 0 Å². The zero-order valence-corrected chi connectivity index (χ0v) is 14.8. The summed E-state index contributed by atoms with van der Waals surface area (Å²) >= 11 is 6.29. The molecule has 0 aliphatic heterocycles. The molecule has 1 unspecified atom stereocenters. The smallest absolute Gasteiger partial charge is 0.165 e. The van der Waals surface area contributed by atoms with Crippen molar-refractivity contribution in [3.8, 4) is 0 Å². The average molecular weight is 360 g/mol. The molecule has 1 aliphatic rings. The lowest BCUT2D eigenvalue weighted by Gasteiger charge is -2.23. The summed E-state index contributed by atoms with van der Waals surface area (Å²) in [7, 11) is 0. The number of imidazole rings is 1. The maximum atomic E-state index is 13.0. The number of ketones is 1. The Morgan fingerprint density at radius 3 is 2.85 bits per heavy atom. The van der Waals surface area contributed by atoms with Gasteiger partial charge in [0.1, 0.15) is 6.33 Å². The minimum Gasteiger partial charge on any atom is -0.297 e. The Bertz CT molecular complexity index is 1380. The lowest BCUT2D eigenvalue weighted by molar-refractivity contribution is 0.0954. The van der Waals surface area contributed by atoms with Crippen molar-refractivity contribution in [2.45, 2.75) is 19.8 Å². The molecule has 0 fully saturated rings. The van der Waals surface area contributed by atoms with Crippen LogP contribution in [0.4, 0.5) is 0 Å². The Morgan fingerprint density at radius 2 is 1.96 bits per heavy atom. The summed E-state index contributed by atoms with van der Waals surface area (Å²) in [6, 6.07) is 9.86. The fraction of sp³-hybridized carbons (Fsp3) is 0.190. The summed E-state index contributed by atoms with van der Waals surface area (Å²) in [5.41, 5.74) is 5.52. The van der Waals surface area contributed by atoms with Gasteiger partial charge in [0.15, 0.2) is 5.78 Å². The minimum absolute atomic E-state index is 0.189. The number of benzene rings is 2. The molecule has 0 bridgehead atoms. The van der Waals surface area contributed by atoms with Crippen molar-refractivity contribution in [2.24, 2.45) is 5.92 Å². The second kappa shape index (κ2) is 4.71. The van der Waals surface area contributed by atoms with Crippen LogP contribution >= 0.6 is 11.6 Å². The maximum Gasteiger partial charge on any atom is 0.165 e. The first kappa shape index (κ1) is 14.4. The molecule has 0 radical (unpaired) electrons. The minimum atomic E-state index is 0.189. The number of rotatable bonds is 0. The molecule has 5 aromatic rings. The van der Waals surface area contributed by atoms with Gasteiger partial charge in [0.2, 0.25) is 0 Å². The van der Waals surface area contributed by atoms with Gasteiger partial charge >= 0.3 is 0 Å². The third-order valence-electron chi connectivity index (χ3n) is 5.57. The summed E-state index contributed by atoms with van der Waals surface area (Å²) < 4.78 is 2.07. The highest BCUT2D eigenvalue weighted by molar-refractivity contribution is 6.33. The molecule has 0 saturated heterocycles. The zero-order valence-electron chi connectivity index (χ0n) is 14.1. The van der Waals surface area contributed by atoms with Crippen molar-refractivity contribution in [1.29, 1.82) is 0 Å². The predicted molar refractivity (Wildman–Crippen MR) is 104 cm³/mol. The van der Waals surface area contributed by atoms with Crippen LogP contribution in [0, 0.1) is 5.92 Å². The van der Waals surface area contributed by atoms with E-state index in [-0.39, 0.29) is 5.78 Å². The van der Waals surface area contributed by atoms with E-state index in [2.05, 4.69) is 16.3 Å². The molecule has 1 atom stereocenters. The fourth-order valence-electron chi connectivity index (χ4n) is 4.54. The normalized spacial score (nSPS) is 17.8. The van der Waals surface area contributed by atoms with E-state index in [1.54, 1.807) is 0 Å². The highest BCUT2D eigenvalue weighted by Crippen LogP contribution is 2.41. The van der Waals surface area contributed by atoms with Gasteiger partial charge in [-0.1, -0.05) is 24.6 Å². The van der Waals surface area contributed by atoms with Crippen LogP contribution in [0.2, 0.25) is 5.02 Å². The van der Waals surface area contributed by atoms with Crippen molar-refractivity contribution >= 4 is 55.6 Å². The number of pyridine rings is 2. The van der Waals surface area contributed by atoms with Gasteiger partial charge in [-0.3, -0.25) is 14.2 Å². The van der Waals surface area contributed by atoms with E-state index in [1.807, 2.05) is 36.7 Å². The van der Waals surface area contributed by atoms with Gasteiger partial charge in [0.05, 0.1) is 27.8 Å². The first-order valence-electron chi connectivity index (χ1n) is 8.78. The maximum absolute atomic E-state index is 13.0. The van der Waals surface area contributed by atoms with E-state index in [0.29, 0.717) is 17.4 Å². The Morgan fingerprint density at radius 1 is 1.12 bits per heavy atom. The van der Waals surface area contributed by atoms with Crippen LogP contribution in [0.15, 0.2) is 36.7 Å². The van der Waals surface area contributed by atoms with Gasteiger partial charge in [0, 0.05) is 33.2 Å². The number of aromatic nitrogens is 3. The van der Waals surface area contributed by atoms with Crippen LogP contribution < -0.4 is 0 Å². The molecule has 3 aromatic heterocycles. The summed E-state index contributed by atoms with van der Waals surface area (Å²) in [5, 5.41) is 3.73. The first-order chi connectivity index (χ1) is 12.6. The van der Waals surface area contributed by atoms with E-state index in [1.165, 1.54) is 0 Å². The Hall–Kier alpha value is -2.72. The predicted octanol–water partition coefficient (Wildman–Crippen LogP) is 5.05. The molecule has 0 amide bonds. The molecule has 126 valence electrons. The molecular formula is C21H14ClN3O. The summed E-state index contributed by atoms with van der Waals surface area (Å²) in [4.78, 5) is 22.4. The van der Waals surface area contributed by atoms with Crippen molar-refractivity contribution in [3.63, 3.8) is 0 Å². The number of hydrogen-bond donors (Lipinski definition) is 0. The topological polar surface area (TPSA) is 47.3 Å². The molecule has 26 heavy (non-hydrogen) atoms. The second-order valence-corrected chi connectivity index (χ2v) is 7.78. The standard InChI is InChI=1S/C21H14ClN3O/c1-10-6-15-19(17(26)7-10)18-12-3-2-11(22)8-16(12)25-9-23-14-5-4-13(24-15)20(18)21(14)25/h2-5,8-10H,6-7H2,1H3. The van der Waals surface area contributed by atoms with E-state index < -0.39 is 0 Å². The third kappa shape index (κ3) is 1.68. The summed E-state index contributed by atoms with van der Waals surface area (Å²) in [6.45, 7) is 2.12. The van der Waals surface area contributed by atoms with E-state index >= 15 is 0 Å². The molecule has 6 rings (SSSR count). The van der Waals surface area contributed by atoms with Crippen LogP contribution in [0.1, 0.15) is 29.4 Å². The molecule has 1 aliphatic carbocycles. The third-order valence-corrected chi connectivity index (χ3v) is 5.81. The number of halogens is 1. The lowest BCUT2D eigenvalue weighted by Crippen LogP contribution is -2.20. The molecule has 3 heterocycles. The van der Waals surface area contributed by atoms with Gasteiger partial charge in [0.25, 0.3) is 0 Å². The fourth-order valence-corrected chi connectivity index (χ4v) is 4.71. The largest absolute Gasteiger partial charge is 0.297 e. The van der Waals surface area contributed by atoms with Crippen LogP contribution in [-0.2, 0) is 6.42 Å². The van der Waals surface area contributed by atoms with Crippen molar-refractivity contribution < 1.29 is 4.79 Å². The van der Waals surface area contributed by atoms with Crippen LogP contribution in [0.25, 0.3) is 38.2 Å².